The van der Waals surface area contributed by atoms with Crippen LogP contribution in [-0.4, -0.2) is 55.6 Å². The highest BCUT2D eigenvalue weighted by Crippen LogP contribution is 2.40. The van der Waals surface area contributed by atoms with Crippen LogP contribution < -0.4 is 4.90 Å². The summed E-state index contributed by atoms with van der Waals surface area (Å²) in [7, 11) is 2.06. The second kappa shape index (κ2) is 10.9. The van der Waals surface area contributed by atoms with Crippen LogP contribution >= 0.6 is 11.6 Å². The Morgan fingerprint density at radius 2 is 1.56 bits per heavy atom. The lowest BCUT2D eigenvalue weighted by atomic mass is 9.81. The number of nitrogens with zero attached hydrogens (tertiary/aromatic N) is 2. The molecule has 0 radical (unpaired) electrons. The maximum Gasteiger partial charge on any atom is 0.325 e. The number of hydrogen-bond donors (Lipinski definition) is 0. The Balaban J connectivity index is 1.80. The average molecular weight is 484 g/mol. The van der Waals surface area contributed by atoms with Crippen LogP contribution in [0.1, 0.15) is 38.8 Å². The summed E-state index contributed by atoms with van der Waals surface area (Å²) in [5, 5.41) is 0.733. The summed E-state index contributed by atoms with van der Waals surface area (Å²) in [5.41, 5.74) is 5.08. The number of esters is 2. The Morgan fingerprint density at radius 1 is 0.971 bits per heavy atom. The van der Waals surface area contributed by atoms with Crippen molar-refractivity contribution in [2.45, 2.75) is 33.1 Å². The number of ether oxygens (including phenoxy) is 2. The molecule has 0 bridgehead atoms. The molecule has 1 heterocycles. The van der Waals surface area contributed by atoms with E-state index >= 15 is 0 Å². The predicted molar refractivity (Wildman–Crippen MR) is 136 cm³/mol. The molecular formula is C27H32ClN2O4+. The summed E-state index contributed by atoms with van der Waals surface area (Å²) in [6, 6.07) is 13.7. The number of benzene rings is 2. The fraction of sp³-hybridized carbons (Fsp3) is 0.370. The van der Waals surface area contributed by atoms with Crippen LogP contribution in [0.4, 0.5) is 11.4 Å². The zero-order valence-corrected chi connectivity index (χ0v) is 21.2. The Hall–Kier alpha value is -3.12. The SMILES string of the molecule is CCOC(=O)CN(CC(=O)OCC)c1ccc(/C=C/C2=[N+](C)c3ccc(Cl)cc3C2(C)C)cc1. The molecule has 3 rings (SSSR count). The molecule has 6 nitrogen and oxygen atoms in total. The molecule has 0 aromatic heterocycles. The number of hydrogen-bond acceptors (Lipinski definition) is 5. The highest BCUT2D eigenvalue weighted by atomic mass is 35.5. The van der Waals surface area contributed by atoms with Gasteiger partial charge in [-0.1, -0.05) is 23.7 Å². The van der Waals surface area contributed by atoms with Crippen molar-refractivity contribution < 1.29 is 23.6 Å². The highest BCUT2D eigenvalue weighted by Gasteiger charge is 2.42. The molecule has 0 unspecified atom stereocenters. The molecular weight excluding hydrogens is 452 g/mol. The molecule has 0 aliphatic carbocycles. The van der Waals surface area contributed by atoms with Crippen LogP contribution in [0.3, 0.4) is 0 Å². The molecule has 0 N–H and O–H groups in total. The third-order valence-corrected chi connectivity index (χ3v) is 6.17. The smallest absolute Gasteiger partial charge is 0.325 e. The minimum Gasteiger partial charge on any atom is -0.465 e. The zero-order valence-electron chi connectivity index (χ0n) is 20.4. The van der Waals surface area contributed by atoms with E-state index in [0.717, 1.165) is 22.0 Å². The average Bonchev–Trinajstić information content (AvgIpc) is 2.97. The van der Waals surface area contributed by atoms with E-state index < -0.39 is 11.9 Å². The van der Waals surface area contributed by atoms with E-state index in [0.29, 0.717) is 0 Å². The van der Waals surface area contributed by atoms with Gasteiger partial charge in [0.25, 0.3) is 0 Å². The molecule has 34 heavy (non-hydrogen) atoms. The van der Waals surface area contributed by atoms with Gasteiger partial charge in [0.2, 0.25) is 5.69 Å². The van der Waals surface area contributed by atoms with Crippen molar-refractivity contribution in [1.82, 2.24) is 0 Å². The first-order valence-electron chi connectivity index (χ1n) is 11.4. The van der Waals surface area contributed by atoms with Gasteiger partial charge in [-0.15, -0.1) is 0 Å². The summed E-state index contributed by atoms with van der Waals surface area (Å²) in [6.45, 7) is 8.41. The van der Waals surface area contributed by atoms with Crippen molar-refractivity contribution in [3.05, 3.63) is 64.7 Å². The van der Waals surface area contributed by atoms with Crippen molar-refractivity contribution in [2.75, 3.05) is 38.3 Å². The maximum atomic E-state index is 12.0. The second-order valence-corrected chi connectivity index (χ2v) is 9.06. The van der Waals surface area contributed by atoms with Crippen molar-refractivity contribution in [2.24, 2.45) is 0 Å². The minimum atomic E-state index is -0.390. The summed E-state index contributed by atoms with van der Waals surface area (Å²) in [4.78, 5) is 25.8. The third-order valence-electron chi connectivity index (χ3n) is 5.94. The molecule has 0 saturated carbocycles. The monoisotopic (exact) mass is 483 g/mol. The number of anilines is 1. The van der Waals surface area contributed by atoms with Gasteiger partial charge in [-0.2, -0.15) is 4.58 Å². The van der Waals surface area contributed by atoms with E-state index in [-0.39, 0.29) is 31.7 Å². The molecule has 1 aliphatic rings. The molecule has 0 atom stereocenters. The minimum absolute atomic E-state index is 0.0282. The molecule has 0 saturated heterocycles. The fourth-order valence-corrected chi connectivity index (χ4v) is 4.42. The van der Waals surface area contributed by atoms with Crippen LogP contribution in [-0.2, 0) is 24.5 Å². The first-order chi connectivity index (χ1) is 16.2. The largest absolute Gasteiger partial charge is 0.465 e. The van der Waals surface area contributed by atoms with E-state index in [2.05, 4.69) is 43.7 Å². The Morgan fingerprint density at radius 3 is 2.12 bits per heavy atom. The third kappa shape index (κ3) is 5.68. The van der Waals surface area contributed by atoms with Crippen LogP contribution in [0, 0.1) is 0 Å². The van der Waals surface area contributed by atoms with Crippen LogP contribution in [0.2, 0.25) is 5.02 Å². The molecule has 0 amide bonds. The van der Waals surface area contributed by atoms with Crippen molar-refractivity contribution in [3.8, 4) is 0 Å². The maximum absolute atomic E-state index is 12.0. The standard InChI is InChI=1S/C27H32ClN2O4/c1-6-33-25(31)17-30(18-26(32)34-7-2)21-12-8-19(9-13-21)10-15-24-27(3,4)22-16-20(28)11-14-23(22)29(24)5/h8-16H,6-7,17-18H2,1-5H3/q+1. The zero-order chi connectivity index (χ0) is 24.9. The number of halogens is 1. The lowest BCUT2D eigenvalue weighted by Gasteiger charge is -2.22. The fourth-order valence-electron chi connectivity index (χ4n) is 4.24. The topological polar surface area (TPSA) is 58.9 Å². The molecule has 7 heteroatoms. The van der Waals surface area contributed by atoms with E-state index in [1.807, 2.05) is 36.4 Å². The van der Waals surface area contributed by atoms with Gasteiger partial charge < -0.3 is 14.4 Å². The van der Waals surface area contributed by atoms with Crippen LogP contribution in [0.25, 0.3) is 6.08 Å². The summed E-state index contributed by atoms with van der Waals surface area (Å²) >= 11 is 6.25. The predicted octanol–water partition coefficient (Wildman–Crippen LogP) is 4.99. The molecule has 0 fully saturated rings. The normalized spacial score (nSPS) is 14.3. The van der Waals surface area contributed by atoms with Crippen molar-refractivity contribution in [1.29, 1.82) is 0 Å². The van der Waals surface area contributed by atoms with Gasteiger partial charge in [0.1, 0.15) is 20.1 Å². The van der Waals surface area contributed by atoms with Gasteiger partial charge >= 0.3 is 11.9 Å². The van der Waals surface area contributed by atoms with Gasteiger partial charge in [0, 0.05) is 28.4 Å². The first kappa shape index (κ1) is 25.5. The van der Waals surface area contributed by atoms with Crippen molar-refractivity contribution >= 4 is 46.7 Å². The summed E-state index contributed by atoms with van der Waals surface area (Å²) < 4.78 is 12.3. The molecule has 1 aliphatic heterocycles. The van der Waals surface area contributed by atoms with Gasteiger partial charge in [-0.05, 0) is 63.6 Å². The number of carbonyl (C=O) groups excluding carboxylic acids is 2. The Labute approximate surface area is 206 Å². The van der Waals surface area contributed by atoms with Crippen molar-refractivity contribution in [3.63, 3.8) is 0 Å². The van der Waals surface area contributed by atoms with Crippen LogP contribution in [0.5, 0.6) is 0 Å². The Kier molecular flexibility index (Phi) is 8.15. The van der Waals surface area contributed by atoms with E-state index in [4.69, 9.17) is 21.1 Å². The van der Waals surface area contributed by atoms with Gasteiger partial charge in [0.05, 0.1) is 18.6 Å². The summed E-state index contributed by atoms with van der Waals surface area (Å²) in [6.07, 6.45) is 4.18. The molecule has 180 valence electrons. The number of fused-ring (bicyclic) bond motifs is 1. The Bertz CT molecular complexity index is 1100. The molecule has 0 spiro atoms. The van der Waals surface area contributed by atoms with Gasteiger partial charge in [-0.25, -0.2) is 0 Å². The lowest BCUT2D eigenvalue weighted by molar-refractivity contribution is -0.401. The first-order valence-corrected chi connectivity index (χ1v) is 11.8. The summed E-state index contributed by atoms with van der Waals surface area (Å²) in [5.74, 6) is -0.781. The van der Waals surface area contributed by atoms with E-state index in [1.54, 1.807) is 18.7 Å². The van der Waals surface area contributed by atoms with E-state index in [1.165, 1.54) is 11.3 Å². The quantitative estimate of drug-likeness (QED) is 0.371. The number of carbonyl (C=O) groups is 2. The van der Waals surface area contributed by atoms with Gasteiger partial charge in [0.15, 0.2) is 5.71 Å². The van der Waals surface area contributed by atoms with Crippen LogP contribution in [0.15, 0.2) is 48.5 Å². The number of rotatable bonds is 9. The van der Waals surface area contributed by atoms with E-state index in [9.17, 15) is 9.59 Å². The molecule has 2 aromatic carbocycles. The highest BCUT2D eigenvalue weighted by molar-refractivity contribution is 6.30. The number of allylic oxidation sites excluding steroid dienone is 1. The lowest BCUT2D eigenvalue weighted by Crippen LogP contribution is -2.36. The van der Waals surface area contributed by atoms with Gasteiger partial charge in [-0.3, -0.25) is 9.59 Å². The second-order valence-electron chi connectivity index (χ2n) is 8.62. The molecule has 2 aromatic rings.